The first-order chi connectivity index (χ1) is 9.10. The van der Waals surface area contributed by atoms with Crippen LogP contribution in [0.4, 0.5) is 5.69 Å². The summed E-state index contributed by atoms with van der Waals surface area (Å²) in [5, 5.41) is 11.7. The molecule has 1 aromatic carbocycles. The molecule has 0 heterocycles. The van der Waals surface area contributed by atoms with Crippen LogP contribution in [0.1, 0.15) is 6.42 Å². The van der Waals surface area contributed by atoms with Gasteiger partial charge in [0.1, 0.15) is 0 Å². The number of benzene rings is 1. The number of rotatable bonds is 9. The SMILES string of the molecule is CNS(=O)(=O)c1ccc(NCCCOCCO)cc1. The molecule has 0 fully saturated rings. The van der Waals surface area contributed by atoms with Crippen molar-refractivity contribution < 1.29 is 18.3 Å². The predicted molar refractivity (Wildman–Crippen MR) is 73.7 cm³/mol. The number of ether oxygens (including phenoxy) is 1. The molecule has 1 rings (SSSR count). The van der Waals surface area contributed by atoms with E-state index >= 15 is 0 Å². The Bertz CT molecular complexity index is 459. The first kappa shape index (κ1) is 15.9. The Kier molecular flexibility index (Phi) is 6.79. The van der Waals surface area contributed by atoms with Gasteiger partial charge in [-0.2, -0.15) is 0 Å². The number of aliphatic hydroxyl groups excluding tert-OH is 1. The van der Waals surface area contributed by atoms with Gasteiger partial charge in [0.15, 0.2) is 0 Å². The fourth-order valence-corrected chi connectivity index (χ4v) is 2.17. The molecule has 3 N–H and O–H groups in total. The third-order valence-electron chi connectivity index (χ3n) is 2.46. The van der Waals surface area contributed by atoms with Crippen molar-refractivity contribution in [3.05, 3.63) is 24.3 Å². The first-order valence-electron chi connectivity index (χ1n) is 6.06. The van der Waals surface area contributed by atoms with E-state index in [0.717, 1.165) is 18.7 Å². The number of sulfonamides is 1. The topological polar surface area (TPSA) is 87.7 Å². The molecular formula is C12H20N2O4S. The lowest BCUT2D eigenvalue weighted by Gasteiger charge is -2.08. The summed E-state index contributed by atoms with van der Waals surface area (Å²) in [7, 11) is -1.99. The molecule has 108 valence electrons. The van der Waals surface area contributed by atoms with Crippen molar-refractivity contribution in [3.8, 4) is 0 Å². The molecule has 0 unspecified atom stereocenters. The van der Waals surface area contributed by atoms with Crippen LogP contribution in [0.3, 0.4) is 0 Å². The van der Waals surface area contributed by atoms with E-state index < -0.39 is 10.0 Å². The summed E-state index contributed by atoms with van der Waals surface area (Å²) in [5.74, 6) is 0. The van der Waals surface area contributed by atoms with Crippen LogP contribution in [0.2, 0.25) is 0 Å². The van der Waals surface area contributed by atoms with Crippen LogP contribution in [-0.2, 0) is 14.8 Å². The van der Waals surface area contributed by atoms with Crippen molar-refractivity contribution in [1.82, 2.24) is 4.72 Å². The second-order valence-electron chi connectivity index (χ2n) is 3.85. The zero-order valence-corrected chi connectivity index (χ0v) is 11.7. The highest BCUT2D eigenvalue weighted by Crippen LogP contribution is 2.13. The van der Waals surface area contributed by atoms with Gasteiger partial charge in [-0.3, -0.25) is 0 Å². The molecule has 7 heteroatoms. The molecular weight excluding hydrogens is 268 g/mol. The average Bonchev–Trinajstić information content (AvgIpc) is 2.43. The van der Waals surface area contributed by atoms with Gasteiger partial charge in [0, 0.05) is 18.8 Å². The number of nitrogens with one attached hydrogen (secondary N) is 2. The molecule has 0 bridgehead atoms. The quantitative estimate of drug-likeness (QED) is 0.573. The molecule has 0 spiro atoms. The summed E-state index contributed by atoms with van der Waals surface area (Å²) in [6, 6.07) is 6.55. The highest BCUT2D eigenvalue weighted by atomic mass is 32.2. The standard InChI is InChI=1S/C12H20N2O4S/c1-13-19(16,17)12-5-3-11(4-6-12)14-7-2-9-18-10-8-15/h3-6,13-15H,2,7-10H2,1H3. The fraction of sp³-hybridized carbons (Fsp3) is 0.500. The highest BCUT2D eigenvalue weighted by Gasteiger charge is 2.09. The van der Waals surface area contributed by atoms with E-state index in [0.29, 0.717) is 13.2 Å². The second-order valence-corrected chi connectivity index (χ2v) is 5.73. The lowest BCUT2D eigenvalue weighted by atomic mass is 10.3. The van der Waals surface area contributed by atoms with Crippen LogP contribution >= 0.6 is 0 Å². The third-order valence-corrected chi connectivity index (χ3v) is 3.89. The second kappa shape index (κ2) is 8.11. The molecule has 0 aliphatic carbocycles. The molecule has 0 aliphatic rings. The summed E-state index contributed by atoms with van der Waals surface area (Å²) in [5.41, 5.74) is 0.859. The maximum Gasteiger partial charge on any atom is 0.240 e. The Labute approximate surface area is 113 Å². The summed E-state index contributed by atoms with van der Waals surface area (Å²) in [6.07, 6.45) is 0.816. The van der Waals surface area contributed by atoms with E-state index in [-0.39, 0.29) is 11.5 Å². The van der Waals surface area contributed by atoms with Gasteiger partial charge in [-0.05, 0) is 37.7 Å². The minimum Gasteiger partial charge on any atom is -0.394 e. The molecule has 0 saturated carbocycles. The molecule has 0 amide bonds. The normalized spacial score (nSPS) is 11.5. The van der Waals surface area contributed by atoms with E-state index in [2.05, 4.69) is 10.0 Å². The maximum absolute atomic E-state index is 11.5. The minimum atomic E-state index is -3.37. The van der Waals surface area contributed by atoms with Gasteiger partial charge in [-0.25, -0.2) is 13.1 Å². The summed E-state index contributed by atoms with van der Waals surface area (Å²) >= 11 is 0. The van der Waals surface area contributed by atoms with Crippen LogP contribution in [0.15, 0.2) is 29.2 Å². The van der Waals surface area contributed by atoms with Crippen molar-refractivity contribution in [1.29, 1.82) is 0 Å². The van der Waals surface area contributed by atoms with Gasteiger partial charge in [-0.15, -0.1) is 0 Å². The molecule has 0 aliphatic heterocycles. The maximum atomic E-state index is 11.5. The minimum absolute atomic E-state index is 0.0365. The van der Waals surface area contributed by atoms with Crippen LogP contribution < -0.4 is 10.0 Å². The molecule has 1 aromatic rings. The largest absolute Gasteiger partial charge is 0.394 e. The van der Waals surface area contributed by atoms with Crippen molar-refractivity contribution >= 4 is 15.7 Å². The lowest BCUT2D eigenvalue weighted by molar-refractivity contribution is 0.0922. The molecule has 0 atom stereocenters. The lowest BCUT2D eigenvalue weighted by Crippen LogP contribution is -2.18. The molecule has 0 aromatic heterocycles. The van der Waals surface area contributed by atoms with Crippen molar-refractivity contribution in [2.24, 2.45) is 0 Å². The summed E-state index contributed by atoms with van der Waals surface area (Å²) < 4.78 is 30.4. The van der Waals surface area contributed by atoms with Crippen molar-refractivity contribution in [2.75, 3.05) is 38.7 Å². The van der Waals surface area contributed by atoms with E-state index in [1.54, 1.807) is 24.3 Å². The molecule has 0 saturated heterocycles. The monoisotopic (exact) mass is 288 g/mol. The molecule has 0 radical (unpaired) electrons. The fourth-order valence-electron chi connectivity index (χ4n) is 1.44. The zero-order chi connectivity index (χ0) is 14.1. The first-order valence-corrected chi connectivity index (χ1v) is 7.54. The van der Waals surface area contributed by atoms with E-state index in [4.69, 9.17) is 9.84 Å². The summed E-state index contributed by atoms with van der Waals surface area (Å²) in [4.78, 5) is 0.242. The van der Waals surface area contributed by atoms with Gasteiger partial charge in [-0.1, -0.05) is 0 Å². The van der Waals surface area contributed by atoms with Crippen LogP contribution in [-0.4, -0.2) is 46.9 Å². The van der Waals surface area contributed by atoms with Crippen LogP contribution in [0.5, 0.6) is 0 Å². The van der Waals surface area contributed by atoms with Crippen LogP contribution in [0.25, 0.3) is 0 Å². The number of anilines is 1. The molecule has 19 heavy (non-hydrogen) atoms. The van der Waals surface area contributed by atoms with Gasteiger partial charge in [0.2, 0.25) is 10.0 Å². The Balaban J connectivity index is 2.37. The smallest absolute Gasteiger partial charge is 0.240 e. The third kappa shape index (κ3) is 5.56. The zero-order valence-electron chi connectivity index (χ0n) is 10.9. The van der Waals surface area contributed by atoms with Crippen LogP contribution in [0, 0.1) is 0 Å². The highest BCUT2D eigenvalue weighted by molar-refractivity contribution is 7.89. The number of aliphatic hydroxyl groups is 1. The van der Waals surface area contributed by atoms with E-state index in [1.165, 1.54) is 7.05 Å². The Morgan fingerprint density at radius 2 is 1.89 bits per heavy atom. The van der Waals surface area contributed by atoms with Gasteiger partial charge < -0.3 is 15.2 Å². The Morgan fingerprint density at radius 1 is 1.21 bits per heavy atom. The van der Waals surface area contributed by atoms with E-state index in [9.17, 15) is 8.42 Å². The average molecular weight is 288 g/mol. The molecule has 6 nitrogen and oxygen atoms in total. The summed E-state index contributed by atoms with van der Waals surface area (Å²) in [6.45, 7) is 1.70. The number of hydrogen-bond donors (Lipinski definition) is 3. The van der Waals surface area contributed by atoms with Gasteiger partial charge in [0.05, 0.1) is 18.1 Å². The van der Waals surface area contributed by atoms with Gasteiger partial charge >= 0.3 is 0 Å². The Morgan fingerprint density at radius 3 is 2.47 bits per heavy atom. The predicted octanol–water partition coefficient (Wildman–Crippen LogP) is 0.406. The van der Waals surface area contributed by atoms with Crippen molar-refractivity contribution in [3.63, 3.8) is 0 Å². The van der Waals surface area contributed by atoms with E-state index in [1.807, 2.05) is 0 Å². The number of hydrogen-bond acceptors (Lipinski definition) is 5. The Hall–Kier alpha value is -1.15. The van der Waals surface area contributed by atoms with Gasteiger partial charge in [0.25, 0.3) is 0 Å². The van der Waals surface area contributed by atoms with Crippen molar-refractivity contribution in [2.45, 2.75) is 11.3 Å².